The van der Waals surface area contributed by atoms with Crippen LogP contribution in [0.5, 0.6) is 5.88 Å². The highest BCUT2D eigenvalue weighted by atomic mass is 16.5. The molecule has 166 valence electrons. The fourth-order valence-electron chi connectivity index (χ4n) is 3.20. The molecule has 4 aromatic rings. The number of carboxylic acids is 1. The molecule has 0 aliphatic heterocycles. The van der Waals surface area contributed by atoms with Crippen molar-refractivity contribution < 1.29 is 19.4 Å². The summed E-state index contributed by atoms with van der Waals surface area (Å²) in [6, 6.07) is 17.1. The molecule has 0 aliphatic rings. The van der Waals surface area contributed by atoms with E-state index in [1.54, 1.807) is 53.3 Å². The smallest absolute Gasteiger partial charge is 0.335 e. The van der Waals surface area contributed by atoms with E-state index >= 15 is 0 Å². The number of pyridine rings is 1. The summed E-state index contributed by atoms with van der Waals surface area (Å²) in [6.07, 6.45) is 1.62. The van der Waals surface area contributed by atoms with Gasteiger partial charge in [-0.1, -0.05) is 24.3 Å². The van der Waals surface area contributed by atoms with Gasteiger partial charge in [-0.2, -0.15) is 0 Å². The largest absolute Gasteiger partial charge is 0.481 e. The van der Waals surface area contributed by atoms with Gasteiger partial charge < -0.3 is 15.2 Å². The average molecular weight is 444 g/mol. The number of hydrogen-bond acceptors (Lipinski definition) is 7. The Kier molecular flexibility index (Phi) is 6.35. The highest BCUT2D eigenvalue weighted by Crippen LogP contribution is 2.19. The lowest BCUT2D eigenvalue weighted by Crippen LogP contribution is -2.22. The number of carboxylic acid groups (broad SMARTS) is 1. The van der Waals surface area contributed by atoms with E-state index in [4.69, 9.17) is 9.84 Å². The first-order chi connectivity index (χ1) is 16.0. The lowest BCUT2D eigenvalue weighted by Gasteiger charge is -2.09. The summed E-state index contributed by atoms with van der Waals surface area (Å²) in [4.78, 5) is 27.8. The van der Waals surface area contributed by atoms with E-state index in [0.29, 0.717) is 35.9 Å². The summed E-state index contributed by atoms with van der Waals surface area (Å²) in [5.41, 5.74) is 3.06. The molecule has 0 saturated carbocycles. The van der Waals surface area contributed by atoms with Crippen LogP contribution in [0.2, 0.25) is 0 Å². The molecule has 33 heavy (non-hydrogen) atoms. The number of carbonyl (C=O) groups excluding carboxylic acids is 1. The van der Waals surface area contributed by atoms with Crippen LogP contribution in [-0.4, -0.2) is 49.3 Å². The van der Waals surface area contributed by atoms with E-state index in [0.717, 1.165) is 11.1 Å². The summed E-state index contributed by atoms with van der Waals surface area (Å²) in [5, 5.41) is 23.8. The molecule has 0 spiro atoms. The Morgan fingerprint density at radius 3 is 2.61 bits per heavy atom. The molecular formula is C23H20N6O4. The molecule has 2 aromatic heterocycles. The van der Waals surface area contributed by atoms with Gasteiger partial charge in [0.1, 0.15) is 0 Å². The predicted molar refractivity (Wildman–Crippen MR) is 118 cm³/mol. The number of amides is 1. The fraction of sp³-hybridized carbons (Fsp3) is 0.130. The van der Waals surface area contributed by atoms with Gasteiger partial charge in [-0.15, -0.1) is 5.10 Å². The summed E-state index contributed by atoms with van der Waals surface area (Å²) in [6.45, 7) is 0.675. The second-order valence-corrected chi connectivity index (χ2v) is 7.13. The number of hydrogen-bond donors (Lipinski definition) is 2. The molecule has 10 nitrogen and oxygen atoms in total. The van der Waals surface area contributed by atoms with Gasteiger partial charge in [-0.05, 0) is 51.9 Å². The Balaban J connectivity index is 1.48. The topological polar surface area (TPSA) is 132 Å². The van der Waals surface area contributed by atoms with Gasteiger partial charge in [0, 0.05) is 29.9 Å². The van der Waals surface area contributed by atoms with Crippen molar-refractivity contribution in [2.75, 3.05) is 7.11 Å². The third kappa shape index (κ3) is 5.18. The number of benzene rings is 2. The third-order valence-electron chi connectivity index (χ3n) is 4.91. The van der Waals surface area contributed by atoms with Crippen molar-refractivity contribution in [3.05, 3.63) is 89.1 Å². The maximum Gasteiger partial charge on any atom is 0.335 e. The zero-order valence-corrected chi connectivity index (χ0v) is 17.7. The van der Waals surface area contributed by atoms with E-state index in [2.05, 4.69) is 25.8 Å². The molecule has 0 saturated heterocycles. The van der Waals surface area contributed by atoms with Crippen molar-refractivity contribution in [2.24, 2.45) is 0 Å². The van der Waals surface area contributed by atoms with Gasteiger partial charge in [0.2, 0.25) is 5.88 Å². The Morgan fingerprint density at radius 2 is 1.85 bits per heavy atom. The Morgan fingerprint density at radius 1 is 1.03 bits per heavy atom. The van der Waals surface area contributed by atoms with Crippen LogP contribution in [0.3, 0.4) is 0 Å². The van der Waals surface area contributed by atoms with E-state index in [1.807, 2.05) is 6.07 Å². The number of aromatic nitrogens is 5. The van der Waals surface area contributed by atoms with Crippen LogP contribution in [0.1, 0.15) is 31.8 Å². The van der Waals surface area contributed by atoms with Crippen LogP contribution in [0.25, 0.3) is 11.4 Å². The number of nitrogens with zero attached hydrogens (tertiary/aromatic N) is 5. The lowest BCUT2D eigenvalue weighted by atomic mass is 10.1. The minimum atomic E-state index is -0.983. The molecule has 1 amide bonds. The van der Waals surface area contributed by atoms with Crippen molar-refractivity contribution >= 4 is 11.9 Å². The van der Waals surface area contributed by atoms with Gasteiger partial charge in [-0.3, -0.25) is 4.79 Å². The van der Waals surface area contributed by atoms with Crippen molar-refractivity contribution in [1.29, 1.82) is 0 Å². The first-order valence-corrected chi connectivity index (χ1v) is 9.99. The zero-order chi connectivity index (χ0) is 23.2. The van der Waals surface area contributed by atoms with Gasteiger partial charge in [-0.25, -0.2) is 14.5 Å². The molecular weight excluding hydrogens is 424 g/mol. The summed E-state index contributed by atoms with van der Waals surface area (Å²) >= 11 is 0. The van der Waals surface area contributed by atoms with Crippen LogP contribution in [0, 0.1) is 0 Å². The molecule has 2 N–H and O–H groups in total. The van der Waals surface area contributed by atoms with Crippen molar-refractivity contribution in [3.8, 4) is 17.3 Å². The van der Waals surface area contributed by atoms with Crippen molar-refractivity contribution in [1.82, 2.24) is 30.5 Å². The third-order valence-corrected chi connectivity index (χ3v) is 4.91. The quantitative estimate of drug-likeness (QED) is 0.423. The Hall–Kier alpha value is -4.60. The monoisotopic (exact) mass is 444 g/mol. The number of tetrazole rings is 1. The standard InChI is InChI=1S/C23H20N6O4/c1-33-20-11-16(9-10-24-20)13-25-22(30)19-4-2-3-18(12-19)21-26-27-28-29(21)14-15-5-7-17(8-6-15)23(31)32/h2-12H,13-14H2,1H3,(H,25,30)(H,31,32). The molecule has 2 aromatic carbocycles. The number of methoxy groups -OCH3 is 1. The number of carbonyl (C=O) groups is 2. The van der Waals surface area contributed by atoms with Gasteiger partial charge in [0.25, 0.3) is 5.91 Å². The van der Waals surface area contributed by atoms with E-state index in [1.165, 1.54) is 19.2 Å². The van der Waals surface area contributed by atoms with Crippen LogP contribution < -0.4 is 10.1 Å². The lowest BCUT2D eigenvalue weighted by molar-refractivity contribution is 0.0696. The van der Waals surface area contributed by atoms with E-state index in [-0.39, 0.29) is 11.5 Å². The first kappa shape index (κ1) is 21.6. The highest BCUT2D eigenvalue weighted by molar-refractivity contribution is 5.95. The number of ether oxygens (including phenoxy) is 1. The minimum Gasteiger partial charge on any atom is -0.481 e. The molecule has 10 heteroatoms. The number of nitrogens with one attached hydrogen (secondary N) is 1. The number of aromatic carboxylic acids is 1. The second kappa shape index (κ2) is 9.69. The highest BCUT2D eigenvalue weighted by Gasteiger charge is 2.13. The van der Waals surface area contributed by atoms with Crippen LogP contribution in [0.15, 0.2) is 66.9 Å². The van der Waals surface area contributed by atoms with E-state index in [9.17, 15) is 9.59 Å². The molecule has 2 heterocycles. The van der Waals surface area contributed by atoms with Gasteiger partial charge >= 0.3 is 5.97 Å². The first-order valence-electron chi connectivity index (χ1n) is 9.99. The molecule has 0 fully saturated rings. The molecule has 4 rings (SSSR count). The van der Waals surface area contributed by atoms with Crippen LogP contribution in [0.4, 0.5) is 0 Å². The van der Waals surface area contributed by atoms with Crippen molar-refractivity contribution in [3.63, 3.8) is 0 Å². The maximum absolute atomic E-state index is 12.7. The average Bonchev–Trinajstić information content (AvgIpc) is 3.31. The molecule has 0 atom stereocenters. The summed E-state index contributed by atoms with van der Waals surface area (Å²) in [5.74, 6) is -0.252. The molecule has 0 bridgehead atoms. The fourth-order valence-corrected chi connectivity index (χ4v) is 3.20. The zero-order valence-electron chi connectivity index (χ0n) is 17.7. The molecule has 0 aliphatic carbocycles. The van der Waals surface area contributed by atoms with Gasteiger partial charge in [0.15, 0.2) is 5.82 Å². The molecule has 0 unspecified atom stereocenters. The van der Waals surface area contributed by atoms with E-state index < -0.39 is 5.97 Å². The Labute approximate surface area is 188 Å². The normalized spacial score (nSPS) is 10.6. The SMILES string of the molecule is COc1cc(CNC(=O)c2cccc(-c3nnnn3Cc3ccc(C(=O)O)cc3)c2)ccn1. The Bertz CT molecular complexity index is 1290. The van der Waals surface area contributed by atoms with Crippen LogP contribution in [-0.2, 0) is 13.1 Å². The van der Waals surface area contributed by atoms with Crippen molar-refractivity contribution in [2.45, 2.75) is 13.1 Å². The summed E-state index contributed by atoms with van der Waals surface area (Å²) < 4.78 is 6.70. The predicted octanol–water partition coefficient (Wildman–Crippen LogP) is 2.42. The molecule has 0 radical (unpaired) electrons. The maximum atomic E-state index is 12.7. The van der Waals surface area contributed by atoms with Crippen LogP contribution >= 0.6 is 0 Å². The number of rotatable bonds is 8. The van der Waals surface area contributed by atoms with Gasteiger partial charge in [0.05, 0.1) is 19.2 Å². The summed E-state index contributed by atoms with van der Waals surface area (Å²) in [7, 11) is 1.54. The minimum absolute atomic E-state index is 0.208. The second-order valence-electron chi connectivity index (χ2n) is 7.13.